The van der Waals surface area contributed by atoms with Crippen LogP contribution in [0, 0.1) is 17.5 Å². The van der Waals surface area contributed by atoms with Crippen molar-refractivity contribution in [3.8, 4) is 0 Å². The van der Waals surface area contributed by atoms with Crippen LogP contribution in [0.5, 0.6) is 0 Å². The number of benzene rings is 1. The number of hydrogen-bond acceptors (Lipinski definition) is 2. The van der Waals surface area contributed by atoms with Gasteiger partial charge in [-0.2, -0.15) is 13.2 Å². The monoisotopic (exact) mass is 370 g/mol. The molecular formula is C12H14Cl2F6N2. The fourth-order valence-electron chi connectivity index (χ4n) is 2.28. The Morgan fingerprint density at radius 2 is 1.41 bits per heavy atom. The molecule has 1 atom stereocenters. The number of piperazine rings is 1. The van der Waals surface area contributed by atoms with E-state index < -0.39 is 35.2 Å². The van der Waals surface area contributed by atoms with Crippen LogP contribution in [0.1, 0.15) is 11.6 Å². The van der Waals surface area contributed by atoms with Gasteiger partial charge in [0.15, 0.2) is 17.5 Å². The Kier molecular flexibility index (Phi) is 7.97. The molecule has 0 aliphatic carbocycles. The molecule has 22 heavy (non-hydrogen) atoms. The molecule has 0 saturated carbocycles. The second-order valence-electron chi connectivity index (χ2n) is 4.53. The first-order valence-corrected chi connectivity index (χ1v) is 5.96. The largest absolute Gasteiger partial charge is 0.408 e. The Labute approximate surface area is 135 Å². The van der Waals surface area contributed by atoms with E-state index in [2.05, 4.69) is 5.32 Å². The van der Waals surface area contributed by atoms with Crippen molar-refractivity contribution in [3.05, 3.63) is 35.1 Å². The van der Waals surface area contributed by atoms with E-state index >= 15 is 0 Å². The summed E-state index contributed by atoms with van der Waals surface area (Å²) >= 11 is 0. The molecule has 1 aliphatic rings. The maximum atomic E-state index is 13.2. The lowest BCUT2D eigenvalue weighted by atomic mass is 10.0. The molecule has 1 aromatic rings. The molecule has 10 heteroatoms. The average Bonchev–Trinajstić information content (AvgIpc) is 2.35. The van der Waals surface area contributed by atoms with Crippen LogP contribution in [0.2, 0.25) is 0 Å². The number of alkyl halides is 3. The van der Waals surface area contributed by atoms with E-state index in [0.29, 0.717) is 25.2 Å². The molecule has 1 aromatic carbocycles. The standard InChI is InChI=1S/C12H12F6N2.2ClH/c13-8-5-7(6-9(14)10(8)15)11(12(16,17)18)20-3-1-19-2-4-20;;/h5-6,11,19H,1-4H2;2*1H/t11-;;/m1../s1. The van der Waals surface area contributed by atoms with Crippen molar-refractivity contribution in [1.29, 1.82) is 0 Å². The van der Waals surface area contributed by atoms with E-state index in [4.69, 9.17) is 0 Å². The lowest BCUT2D eigenvalue weighted by Gasteiger charge is -2.36. The number of nitrogens with one attached hydrogen (secondary N) is 1. The summed E-state index contributed by atoms with van der Waals surface area (Å²) in [5.74, 6) is -5.01. The summed E-state index contributed by atoms with van der Waals surface area (Å²) in [6.07, 6.45) is -4.70. The van der Waals surface area contributed by atoms with E-state index in [-0.39, 0.29) is 37.9 Å². The molecule has 2 rings (SSSR count). The predicted molar refractivity (Wildman–Crippen MR) is 74.1 cm³/mol. The molecule has 1 saturated heterocycles. The Morgan fingerprint density at radius 1 is 0.955 bits per heavy atom. The van der Waals surface area contributed by atoms with Crippen LogP contribution in [-0.4, -0.2) is 37.3 Å². The first-order chi connectivity index (χ1) is 9.30. The summed E-state index contributed by atoms with van der Waals surface area (Å²) in [5.41, 5.74) is -0.629. The van der Waals surface area contributed by atoms with E-state index in [1.54, 1.807) is 0 Å². The van der Waals surface area contributed by atoms with Crippen LogP contribution in [0.3, 0.4) is 0 Å². The Hall–Kier alpha value is -0.700. The lowest BCUT2D eigenvalue weighted by Crippen LogP contribution is -2.49. The minimum atomic E-state index is -4.70. The lowest BCUT2D eigenvalue weighted by molar-refractivity contribution is -0.188. The van der Waals surface area contributed by atoms with Crippen LogP contribution >= 0.6 is 24.8 Å². The van der Waals surface area contributed by atoms with Gasteiger partial charge in [-0.3, -0.25) is 4.90 Å². The molecule has 1 heterocycles. The van der Waals surface area contributed by atoms with Gasteiger partial charge >= 0.3 is 6.18 Å². The van der Waals surface area contributed by atoms with Crippen molar-refractivity contribution >= 4 is 24.8 Å². The molecule has 2 nitrogen and oxygen atoms in total. The van der Waals surface area contributed by atoms with Crippen LogP contribution in [0.15, 0.2) is 12.1 Å². The molecule has 0 aromatic heterocycles. The SMILES string of the molecule is Cl.Cl.Fc1cc([C@@H](N2CCNCC2)C(F)(F)F)cc(F)c1F. The van der Waals surface area contributed by atoms with Gasteiger partial charge in [0.25, 0.3) is 0 Å². The first kappa shape index (κ1) is 21.3. The molecule has 0 amide bonds. The molecule has 1 aliphatic heterocycles. The minimum Gasteiger partial charge on any atom is -0.314 e. The van der Waals surface area contributed by atoms with Gasteiger partial charge in [-0.25, -0.2) is 13.2 Å². The van der Waals surface area contributed by atoms with Crippen molar-refractivity contribution in [2.45, 2.75) is 12.2 Å². The van der Waals surface area contributed by atoms with Crippen molar-refractivity contribution < 1.29 is 26.3 Å². The molecule has 128 valence electrons. The van der Waals surface area contributed by atoms with E-state index in [9.17, 15) is 26.3 Å². The fourth-order valence-corrected chi connectivity index (χ4v) is 2.28. The van der Waals surface area contributed by atoms with E-state index in [1.807, 2.05) is 0 Å². The number of nitrogens with zero attached hydrogens (tertiary/aromatic N) is 1. The summed E-state index contributed by atoms with van der Waals surface area (Å²) < 4.78 is 78.6. The number of rotatable bonds is 2. The molecule has 0 spiro atoms. The first-order valence-electron chi connectivity index (χ1n) is 5.96. The molecule has 1 N–H and O–H groups in total. The van der Waals surface area contributed by atoms with Gasteiger partial charge in [-0.15, -0.1) is 24.8 Å². The second-order valence-corrected chi connectivity index (χ2v) is 4.53. The number of hydrogen-bond donors (Lipinski definition) is 1. The zero-order chi connectivity index (χ0) is 14.9. The Morgan fingerprint density at radius 3 is 1.82 bits per heavy atom. The average molecular weight is 371 g/mol. The summed E-state index contributed by atoms with van der Waals surface area (Å²) in [7, 11) is 0. The third-order valence-electron chi connectivity index (χ3n) is 3.15. The van der Waals surface area contributed by atoms with Crippen LogP contribution in [0.4, 0.5) is 26.3 Å². The predicted octanol–water partition coefficient (Wildman–Crippen LogP) is 3.46. The van der Waals surface area contributed by atoms with Crippen molar-refractivity contribution in [1.82, 2.24) is 10.2 Å². The van der Waals surface area contributed by atoms with Crippen molar-refractivity contribution in [2.24, 2.45) is 0 Å². The normalized spacial score (nSPS) is 17.4. The summed E-state index contributed by atoms with van der Waals surface area (Å²) in [6, 6.07) is -1.34. The van der Waals surface area contributed by atoms with Gasteiger partial charge in [0.05, 0.1) is 0 Å². The quantitative estimate of drug-likeness (QED) is 0.633. The molecule has 0 bridgehead atoms. The zero-order valence-electron chi connectivity index (χ0n) is 11.1. The second kappa shape index (κ2) is 8.24. The highest BCUT2D eigenvalue weighted by Gasteiger charge is 2.45. The fraction of sp³-hybridized carbons (Fsp3) is 0.500. The van der Waals surface area contributed by atoms with Crippen molar-refractivity contribution in [2.75, 3.05) is 26.2 Å². The highest BCUT2D eigenvalue weighted by atomic mass is 35.5. The molecule has 0 radical (unpaired) electrons. The number of halogens is 8. The van der Waals surface area contributed by atoms with E-state index in [0.717, 1.165) is 4.90 Å². The van der Waals surface area contributed by atoms with Gasteiger partial charge in [0, 0.05) is 26.2 Å². The highest BCUT2D eigenvalue weighted by molar-refractivity contribution is 5.85. The van der Waals surface area contributed by atoms with Gasteiger partial charge in [-0.05, 0) is 17.7 Å². The third kappa shape index (κ3) is 4.65. The van der Waals surface area contributed by atoms with Gasteiger partial charge in [0.2, 0.25) is 0 Å². The summed E-state index contributed by atoms with van der Waals surface area (Å²) in [5, 5.41) is 2.89. The smallest absolute Gasteiger partial charge is 0.314 e. The van der Waals surface area contributed by atoms with Crippen molar-refractivity contribution in [3.63, 3.8) is 0 Å². The highest BCUT2D eigenvalue weighted by Crippen LogP contribution is 2.38. The third-order valence-corrected chi connectivity index (χ3v) is 3.15. The topological polar surface area (TPSA) is 15.3 Å². The zero-order valence-corrected chi connectivity index (χ0v) is 12.7. The Balaban J connectivity index is 0.00000220. The van der Waals surface area contributed by atoms with E-state index in [1.165, 1.54) is 0 Å². The van der Waals surface area contributed by atoms with Crippen LogP contribution in [-0.2, 0) is 0 Å². The van der Waals surface area contributed by atoms with Gasteiger partial charge < -0.3 is 5.32 Å². The summed E-state index contributed by atoms with van der Waals surface area (Å²) in [6.45, 7) is 0.868. The molecular weight excluding hydrogens is 357 g/mol. The van der Waals surface area contributed by atoms with Gasteiger partial charge in [-0.1, -0.05) is 0 Å². The Bertz CT molecular complexity index is 468. The van der Waals surface area contributed by atoms with Crippen LogP contribution < -0.4 is 5.32 Å². The maximum absolute atomic E-state index is 13.2. The maximum Gasteiger partial charge on any atom is 0.408 e. The molecule has 1 fully saturated rings. The summed E-state index contributed by atoms with van der Waals surface area (Å²) in [4.78, 5) is 1.07. The van der Waals surface area contributed by atoms with Crippen LogP contribution in [0.25, 0.3) is 0 Å². The van der Waals surface area contributed by atoms with Gasteiger partial charge in [0.1, 0.15) is 6.04 Å². The molecule has 0 unspecified atom stereocenters. The minimum absolute atomic E-state index is 0.